The quantitative estimate of drug-likeness (QED) is 0.0856. The fourth-order valence-electron chi connectivity index (χ4n) is 13.8. The Kier molecular flexibility index (Phi) is 18.6. The van der Waals surface area contributed by atoms with Crippen LogP contribution in [0.2, 0.25) is 0 Å². The van der Waals surface area contributed by atoms with Crippen LogP contribution in [0.15, 0.2) is 73.2 Å². The van der Waals surface area contributed by atoms with Gasteiger partial charge in [0.05, 0.1) is 49.0 Å². The second-order valence-corrected chi connectivity index (χ2v) is 24.8. The largest absolute Gasteiger partial charge is 0.468 e. The van der Waals surface area contributed by atoms with Crippen molar-refractivity contribution in [2.24, 2.45) is 24.6 Å². The molecule has 0 atom stereocenters. The number of ether oxygens (including phenoxy) is 1. The number of carbonyl (C=O) groups excluding carboxylic acids is 7. The number of esters is 1. The monoisotopic (exact) mass is 1240 g/mol. The smallest absolute Gasteiger partial charge is 0.327 e. The molecule has 5 aliphatic rings. The van der Waals surface area contributed by atoms with Gasteiger partial charge in [0.25, 0.3) is 5.91 Å². The van der Waals surface area contributed by atoms with Crippen molar-refractivity contribution in [3.63, 3.8) is 0 Å². The highest BCUT2D eigenvalue weighted by atomic mass is 19.1. The summed E-state index contributed by atoms with van der Waals surface area (Å²) in [7, 11) is 3.08. The van der Waals surface area contributed by atoms with Crippen molar-refractivity contribution in [3.05, 3.63) is 102 Å². The number of carbonyl (C=O) groups is 7. The number of piperidine rings is 5. The standard InChI is InChI=1S/C65H78FN17O8/c1-76-53-34-50(51(66)33-46(53)35-70-76)49-7-6-8-52-59(49)60(74-83(52)39-55(84)68-36-48-38-82(75-73-48)40-58(87)91-2)43-17-25-78(26-18-43)56(85)13-14-57(86)79-27-19-44(20-28-79)64(89)81-31-21-45(22-32-81)65(90)80-29-15-42(16-30-80)41-9-11-47(12-10-41)71-63-61(62(67)88)69-37-54(72-63)77-23-4-3-5-24-77/h6-12,33-35,37-38,42-45H,3-5,13-32,36,39-40H2,1-2H3,(H2,67,88)(H,68,84)(H,71,72). The third-order valence-corrected chi connectivity index (χ3v) is 19.1. The van der Waals surface area contributed by atoms with Gasteiger partial charge in [-0.25, -0.2) is 19.0 Å². The number of aryl methyl sites for hydroxylation is 1. The van der Waals surface area contributed by atoms with Crippen molar-refractivity contribution in [2.45, 2.75) is 115 Å². The van der Waals surface area contributed by atoms with Crippen LogP contribution < -0.4 is 21.3 Å². The molecule has 25 nitrogen and oxygen atoms in total. The van der Waals surface area contributed by atoms with Crippen molar-refractivity contribution >= 4 is 80.5 Å². The maximum atomic E-state index is 16.1. The summed E-state index contributed by atoms with van der Waals surface area (Å²) in [6.45, 7) is 5.68. The molecule has 0 radical (unpaired) electrons. The summed E-state index contributed by atoms with van der Waals surface area (Å²) in [6.07, 6.45) is 13.4. The SMILES string of the molecule is COC(=O)Cn1cc(CNC(=O)Cn2nc(C3CCN(C(=O)CCC(=O)N4CCC(C(=O)N5CCC(C(=O)N6CCC(c7ccc(Nc8nc(N9CCCCC9)cnc8C(N)=O)cc7)CC6)CC5)CC4)CC3)c3c(-c4cc5c(cnn5C)cc4F)cccc32)nn1. The first kappa shape index (κ1) is 61.9. The van der Waals surface area contributed by atoms with Gasteiger partial charge in [0.1, 0.15) is 30.4 Å². The molecule has 0 unspecified atom stereocenters. The molecule has 12 rings (SSSR count). The van der Waals surface area contributed by atoms with Gasteiger partial charge in [-0.05, 0) is 118 Å². The summed E-state index contributed by atoms with van der Waals surface area (Å²) in [5.41, 5.74) is 11.2. The number of hydrogen-bond acceptors (Lipinski definition) is 16. The van der Waals surface area contributed by atoms with Crippen molar-refractivity contribution in [3.8, 4) is 11.1 Å². The van der Waals surface area contributed by atoms with Crippen molar-refractivity contribution < 1.29 is 42.7 Å². The molecule has 3 aromatic carbocycles. The molecule has 9 heterocycles. The zero-order chi connectivity index (χ0) is 63.3. The van der Waals surface area contributed by atoms with Crippen molar-refractivity contribution in [1.82, 2.24) is 69.4 Å². The average Bonchev–Trinajstić information content (AvgIpc) is 1.64. The zero-order valence-corrected chi connectivity index (χ0v) is 51.6. The van der Waals surface area contributed by atoms with Crippen LogP contribution in [0.4, 0.5) is 21.7 Å². The van der Waals surface area contributed by atoms with Crippen LogP contribution in [0.1, 0.15) is 123 Å². The van der Waals surface area contributed by atoms with Crippen LogP contribution in [0.3, 0.4) is 0 Å². The van der Waals surface area contributed by atoms with Gasteiger partial charge in [-0.1, -0.05) is 29.5 Å². The molecule has 0 saturated carbocycles. The van der Waals surface area contributed by atoms with E-state index in [0.29, 0.717) is 141 Å². The maximum Gasteiger partial charge on any atom is 0.327 e. The lowest BCUT2D eigenvalue weighted by atomic mass is 9.87. The Morgan fingerprint density at radius 1 is 0.692 bits per heavy atom. The van der Waals surface area contributed by atoms with Gasteiger partial charge in [0, 0.05) is 125 Å². The van der Waals surface area contributed by atoms with E-state index in [4.69, 9.17) is 20.6 Å². The summed E-state index contributed by atoms with van der Waals surface area (Å²) < 4.78 is 25.5. The van der Waals surface area contributed by atoms with Crippen LogP contribution in [0, 0.1) is 17.7 Å². The Hall–Kier alpha value is -9.36. The lowest BCUT2D eigenvalue weighted by Gasteiger charge is -2.39. The number of anilines is 3. The molecular formula is C65H78FN17O8. The second-order valence-electron chi connectivity index (χ2n) is 24.8. The van der Waals surface area contributed by atoms with Gasteiger partial charge in [-0.3, -0.25) is 42.9 Å². The number of nitrogens with zero attached hydrogens (tertiary/aromatic N) is 14. The van der Waals surface area contributed by atoms with Crippen LogP contribution in [-0.2, 0) is 60.2 Å². The number of primary amides is 1. The zero-order valence-electron chi connectivity index (χ0n) is 51.6. The number of methoxy groups -OCH3 is 1. The summed E-state index contributed by atoms with van der Waals surface area (Å²) in [6, 6.07) is 16.9. The number of nitrogens with two attached hydrogens (primary N) is 1. The second kappa shape index (κ2) is 27.4. The Balaban J connectivity index is 0.584. The number of hydrogen-bond donors (Lipinski definition) is 3. The van der Waals surface area contributed by atoms with E-state index in [2.05, 4.69) is 48.1 Å². The molecular weight excluding hydrogens is 1170 g/mol. The molecule has 7 aromatic rings. The summed E-state index contributed by atoms with van der Waals surface area (Å²) >= 11 is 0. The molecule has 5 fully saturated rings. The minimum absolute atomic E-state index is 0.0522. The van der Waals surface area contributed by atoms with Crippen LogP contribution >= 0.6 is 0 Å². The van der Waals surface area contributed by atoms with Gasteiger partial charge < -0.3 is 45.6 Å². The summed E-state index contributed by atoms with van der Waals surface area (Å²) in [5.74, 6) is -1.01. The van der Waals surface area contributed by atoms with Gasteiger partial charge in [-0.2, -0.15) is 10.2 Å². The molecule has 4 aromatic heterocycles. The van der Waals surface area contributed by atoms with E-state index in [1.165, 1.54) is 29.8 Å². The molecule has 6 amide bonds. The van der Waals surface area contributed by atoms with Crippen molar-refractivity contribution in [2.75, 3.05) is 82.8 Å². The first-order chi connectivity index (χ1) is 44.1. The van der Waals surface area contributed by atoms with E-state index >= 15 is 4.39 Å². The Bertz CT molecular complexity index is 3850. The van der Waals surface area contributed by atoms with E-state index in [1.807, 2.05) is 40.1 Å². The molecule has 5 aliphatic heterocycles. The predicted octanol–water partition coefficient (Wildman–Crippen LogP) is 5.80. The number of aromatic nitrogens is 9. The Morgan fingerprint density at radius 2 is 1.32 bits per heavy atom. The lowest BCUT2D eigenvalue weighted by Crippen LogP contribution is -2.49. The number of benzene rings is 3. The Morgan fingerprint density at radius 3 is 1.97 bits per heavy atom. The predicted molar refractivity (Wildman–Crippen MR) is 335 cm³/mol. The molecule has 0 bridgehead atoms. The highest BCUT2D eigenvalue weighted by Crippen LogP contribution is 2.41. The summed E-state index contributed by atoms with van der Waals surface area (Å²) in [4.78, 5) is 111. The van der Waals surface area contributed by atoms with E-state index in [0.717, 1.165) is 55.8 Å². The lowest BCUT2D eigenvalue weighted by molar-refractivity contribution is -0.145. The number of nitrogens with one attached hydrogen (secondary N) is 2. The van der Waals surface area contributed by atoms with E-state index in [1.54, 1.807) is 50.9 Å². The molecule has 0 aliphatic carbocycles. The number of amides is 6. The van der Waals surface area contributed by atoms with E-state index < -0.39 is 17.7 Å². The number of halogens is 1. The first-order valence-electron chi connectivity index (χ1n) is 31.9. The number of fused-ring (bicyclic) bond motifs is 2. The minimum Gasteiger partial charge on any atom is -0.468 e. The van der Waals surface area contributed by atoms with Gasteiger partial charge in [0.2, 0.25) is 29.5 Å². The van der Waals surface area contributed by atoms with Crippen LogP contribution in [0.5, 0.6) is 0 Å². The third kappa shape index (κ3) is 13.9. The Labute approximate surface area is 525 Å². The summed E-state index contributed by atoms with van der Waals surface area (Å²) in [5, 5.41) is 24.8. The van der Waals surface area contributed by atoms with Gasteiger partial charge in [-0.15, -0.1) is 5.10 Å². The molecule has 4 N–H and O–H groups in total. The van der Waals surface area contributed by atoms with Crippen LogP contribution in [0.25, 0.3) is 32.9 Å². The fraction of sp³-hybridized carbons (Fsp3) is 0.492. The average molecular weight is 1240 g/mol. The highest BCUT2D eigenvalue weighted by Gasteiger charge is 2.37. The minimum atomic E-state index is -0.646. The van der Waals surface area contributed by atoms with Crippen LogP contribution in [-0.4, -0.2) is 178 Å². The van der Waals surface area contributed by atoms with Gasteiger partial charge >= 0.3 is 5.97 Å². The number of likely N-dealkylation sites (tertiary alicyclic amines) is 4. The fourth-order valence-corrected chi connectivity index (χ4v) is 13.8. The molecule has 0 spiro atoms. The van der Waals surface area contributed by atoms with E-state index in [9.17, 15) is 33.6 Å². The normalized spacial score (nSPS) is 17.4. The van der Waals surface area contributed by atoms with Crippen molar-refractivity contribution in [1.29, 1.82) is 0 Å². The molecule has 5 saturated heterocycles. The first-order valence-corrected chi connectivity index (χ1v) is 31.9. The topological polar surface area (TPSA) is 287 Å². The molecule has 91 heavy (non-hydrogen) atoms. The molecule has 26 heteroatoms. The highest BCUT2D eigenvalue weighted by molar-refractivity contribution is 6.00. The van der Waals surface area contributed by atoms with Gasteiger partial charge in [0.15, 0.2) is 11.5 Å². The third-order valence-electron chi connectivity index (χ3n) is 19.1. The number of rotatable bonds is 18. The molecule has 478 valence electrons. The maximum absolute atomic E-state index is 16.1. The van der Waals surface area contributed by atoms with E-state index in [-0.39, 0.29) is 85.5 Å².